The van der Waals surface area contributed by atoms with Gasteiger partial charge in [-0.15, -0.1) is 0 Å². The zero-order valence-corrected chi connectivity index (χ0v) is 12.8. The molecule has 0 bridgehead atoms. The molecule has 0 radical (unpaired) electrons. The lowest BCUT2D eigenvalue weighted by Gasteiger charge is -2.31. The molecule has 0 amide bonds. The first-order valence-electron chi connectivity index (χ1n) is 7.32. The molecule has 1 aliphatic rings. The monoisotopic (exact) mass is 276 g/mol. The number of carbonyl (C=O) groups excluding carboxylic acids is 1. The molecule has 1 fully saturated rings. The Morgan fingerprint density at radius 2 is 1.50 bits per heavy atom. The number of hydrogen-bond acceptors (Lipinski definition) is 3. The van der Waals surface area contributed by atoms with Crippen LogP contribution in [0.5, 0.6) is 11.5 Å². The molecule has 1 aromatic rings. The first kappa shape index (κ1) is 14.9. The normalized spacial score (nSPS) is 26.1. The molecule has 1 aliphatic carbocycles. The third-order valence-electron chi connectivity index (χ3n) is 4.22. The van der Waals surface area contributed by atoms with Crippen molar-refractivity contribution >= 4 is 5.78 Å². The average Bonchev–Trinajstić information content (AvgIpc) is 2.44. The maximum Gasteiger partial charge on any atom is 0.173 e. The molecule has 1 aromatic carbocycles. The van der Waals surface area contributed by atoms with Crippen molar-refractivity contribution in [3.05, 3.63) is 23.8 Å². The molecule has 0 spiro atoms. The number of hydrogen-bond donors (Lipinski definition) is 0. The summed E-state index contributed by atoms with van der Waals surface area (Å²) in [6.45, 7) is 4.46. The van der Waals surface area contributed by atoms with Gasteiger partial charge in [-0.25, -0.2) is 0 Å². The number of rotatable bonds is 4. The van der Waals surface area contributed by atoms with Crippen LogP contribution in [0.15, 0.2) is 18.2 Å². The summed E-state index contributed by atoms with van der Waals surface area (Å²) in [6.07, 6.45) is 3.14. The second-order valence-electron chi connectivity index (χ2n) is 6.02. The fourth-order valence-corrected chi connectivity index (χ4v) is 3.46. The molecule has 0 aliphatic heterocycles. The van der Waals surface area contributed by atoms with Gasteiger partial charge < -0.3 is 9.47 Å². The molecule has 3 nitrogen and oxygen atoms in total. The van der Waals surface area contributed by atoms with Crippen molar-refractivity contribution < 1.29 is 14.3 Å². The van der Waals surface area contributed by atoms with Crippen molar-refractivity contribution in [2.24, 2.45) is 17.8 Å². The molecule has 110 valence electrons. The Kier molecular flexibility index (Phi) is 4.69. The van der Waals surface area contributed by atoms with E-state index in [0.29, 0.717) is 28.9 Å². The summed E-state index contributed by atoms with van der Waals surface area (Å²) in [4.78, 5) is 12.9. The lowest BCUT2D eigenvalue weighted by atomic mass is 9.74. The summed E-state index contributed by atoms with van der Waals surface area (Å²) in [6, 6.07) is 5.50. The van der Waals surface area contributed by atoms with Gasteiger partial charge in [0.15, 0.2) is 5.78 Å². The Balaban J connectivity index is 2.32. The van der Waals surface area contributed by atoms with Crippen LogP contribution in [0.3, 0.4) is 0 Å². The Bertz CT molecular complexity index is 449. The van der Waals surface area contributed by atoms with E-state index in [9.17, 15) is 4.79 Å². The molecule has 0 aromatic heterocycles. The van der Waals surface area contributed by atoms with Crippen molar-refractivity contribution in [3.63, 3.8) is 0 Å². The molecule has 3 heteroatoms. The zero-order valence-electron chi connectivity index (χ0n) is 12.8. The third kappa shape index (κ3) is 2.97. The van der Waals surface area contributed by atoms with Crippen LogP contribution in [0.1, 0.15) is 43.5 Å². The number of carbonyl (C=O) groups is 1. The minimum Gasteiger partial charge on any atom is -0.496 e. The average molecular weight is 276 g/mol. The van der Waals surface area contributed by atoms with Gasteiger partial charge in [0.2, 0.25) is 0 Å². The predicted molar refractivity (Wildman–Crippen MR) is 79.5 cm³/mol. The molecular formula is C17H24O3. The van der Waals surface area contributed by atoms with E-state index in [1.54, 1.807) is 14.2 Å². The lowest BCUT2D eigenvalue weighted by molar-refractivity contribution is 0.0829. The number of Topliss-reactive ketones (excluding diaryl/α,β-unsaturated/α-hetero) is 1. The van der Waals surface area contributed by atoms with Gasteiger partial charge in [0.25, 0.3) is 0 Å². The maximum absolute atomic E-state index is 12.9. The Morgan fingerprint density at radius 3 is 1.95 bits per heavy atom. The molecule has 2 atom stereocenters. The van der Waals surface area contributed by atoms with Crippen molar-refractivity contribution in [1.29, 1.82) is 0 Å². The summed E-state index contributed by atoms with van der Waals surface area (Å²) < 4.78 is 10.7. The van der Waals surface area contributed by atoms with Gasteiger partial charge in [-0.1, -0.05) is 19.9 Å². The minimum absolute atomic E-state index is 0.0824. The van der Waals surface area contributed by atoms with E-state index in [1.807, 2.05) is 18.2 Å². The highest BCUT2D eigenvalue weighted by Crippen LogP contribution is 2.38. The van der Waals surface area contributed by atoms with Crippen LogP contribution >= 0.6 is 0 Å². The van der Waals surface area contributed by atoms with Gasteiger partial charge in [-0.2, -0.15) is 0 Å². The molecule has 2 rings (SSSR count). The van der Waals surface area contributed by atoms with E-state index >= 15 is 0 Å². The van der Waals surface area contributed by atoms with Crippen LogP contribution in [-0.4, -0.2) is 20.0 Å². The third-order valence-corrected chi connectivity index (χ3v) is 4.22. The van der Waals surface area contributed by atoms with Crippen molar-refractivity contribution in [2.45, 2.75) is 33.1 Å². The van der Waals surface area contributed by atoms with Crippen molar-refractivity contribution in [3.8, 4) is 11.5 Å². The van der Waals surface area contributed by atoms with Crippen LogP contribution in [0.4, 0.5) is 0 Å². The fraction of sp³-hybridized carbons (Fsp3) is 0.588. The van der Waals surface area contributed by atoms with Crippen molar-refractivity contribution in [1.82, 2.24) is 0 Å². The van der Waals surface area contributed by atoms with Crippen LogP contribution in [0.2, 0.25) is 0 Å². The Hall–Kier alpha value is -1.51. The second kappa shape index (κ2) is 6.29. The summed E-state index contributed by atoms with van der Waals surface area (Å²) in [5.74, 6) is 2.68. The lowest BCUT2D eigenvalue weighted by Crippen LogP contribution is -2.26. The van der Waals surface area contributed by atoms with E-state index in [0.717, 1.165) is 12.8 Å². The van der Waals surface area contributed by atoms with Gasteiger partial charge in [-0.05, 0) is 43.2 Å². The number of ether oxygens (including phenoxy) is 2. The summed E-state index contributed by atoms with van der Waals surface area (Å²) in [5, 5.41) is 0. The van der Waals surface area contributed by atoms with Crippen LogP contribution in [-0.2, 0) is 0 Å². The first-order chi connectivity index (χ1) is 9.56. The minimum atomic E-state index is 0.0824. The van der Waals surface area contributed by atoms with E-state index < -0.39 is 0 Å². The maximum atomic E-state index is 12.9. The second-order valence-corrected chi connectivity index (χ2v) is 6.02. The first-order valence-corrected chi connectivity index (χ1v) is 7.32. The standard InChI is InChI=1S/C17H24O3/c1-11-8-12(2)10-13(9-11)17(18)16-14(19-3)6-5-7-15(16)20-4/h5-7,11-13H,8-10H2,1-4H3. The SMILES string of the molecule is COc1cccc(OC)c1C(=O)C1CC(C)CC(C)C1. The quantitative estimate of drug-likeness (QED) is 0.781. The largest absolute Gasteiger partial charge is 0.496 e. The fourth-order valence-electron chi connectivity index (χ4n) is 3.46. The van der Waals surface area contributed by atoms with Crippen LogP contribution < -0.4 is 9.47 Å². The summed E-state index contributed by atoms with van der Waals surface area (Å²) in [5.41, 5.74) is 0.601. The van der Waals surface area contributed by atoms with Gasteiger partial charge in [0, 0.05) is 5.92 Å². The molecule has 1 saturated carbocycles. The summed E-state index contributed by atoms with van der Waals surface area (Å²) in [7, 11) is 3.19. The highest BCUT2D eigenvalue weighted by Gasteiger charge is 2.32. The number of methoxy groups -OCH3 is 2. The Morgan fingerprint density at radius 1 is 1.00 bits per heavy atom. The Labute approximate surface area is 121 Å². The van der Waals surface area contributed by atoms with Gasteiger partial charge in [0.05, 0.1) is 14.2 Å². The molecule has 0 heterocycles. The zero-order chi connectivity index (χ0) is 14.7. The van der Waals surface area contributed by atoms with E-state index in [1.165, 1.54) is 6.42 Å². The molecular weight excluding hydrogens is 252 g/mol. The number of benzene rings is 1. The van der Waals surface area contributed by atoms with Crippen molar-refractivity contribution in [2.75, 3.05) is 14.2 Å². The van der Waals surface area contributed by atoms with Gasteiger partial charge >= 0.3 is 0 Å². The van der Waals surface area contributed by atoms with Crippen LogP contribution in [0.25, 0.3) is 0 Å². The van der Waals surface area contributed by atoms with E-state index in [-0.39, 0.29) is 11.7 Å². The smallest absolute Gasteiger partial charge is 0.173 e. The molecule has 2 unspecified atom stereocenters. The molecule has 20 heavy (non-hydrogen) atoms. The van der Waals surface area contributed by atoms with E-state index in [4.69, 9.17) is 9.47 Å². The van der Waals surface area contributed by atoms with Gasteiger partial charge in [-0.3, -0.25) is 4.79 Å². The topological polar surface area (TPSA) is 35.5 Å². The van der Waals surface area contributed by atoms with Gasteiger partial charge in [0.1, 0.15) is 17.1 Å². The predicted octanol–water partition coefficient (Wildman–Crippen LogP) is 3.96. The molecule has 0 saturated heterocycles. The van der Waals surface area contributed by atoms with E-state index in [2.05, 4.69) is 13.8 Å². The number of ketones is 1. The van der Waals surface area contributed by atoms with Crippen LogP contribution in [0, 0.1) is 17.8 Å². The summed E-state index contributed by atoms with van der Waals surface area (Å²) >= 11 is 0. The highest BCUT2D eigenvalue weighted by molar-refractivity contribution is 6.02. The highest BCUT2D eigenvalue weighted by atomic mass is 16.5. The molecule has 0 N–H and O–H groups in total.